The van der Waals surface area contributed by atoms with E-state index in [1.807, 2.05) is 6.42 Å². The van der Waals surface area contributed by atoms with E-state index in [1.54, 1.807) is 0 Å². The molecule has 0 spiro atoms. The summed E-state index contributed by atoms with van der Waals surface area (Å²) in [5.41, 5.74) is 0. The molecule has 1 fully saturated rings. The van der Waals surface area contributed by atoms with E-state index in [9.17, 15) is 0 Å². The van der Waals surface area contributed by atoms with Gasteiger partial charge in [0.25, 0.3) is 0 Å². The summed E-state index contributed by atoms with van der Waals surface area (Å²) in [6.45, 7) is 3.75. The van der Waals surface area contributed by atoms with Crippen molar-refractivity contribution in [2.45, 2.75) is 12.8 Å². The molecule has 0 aromatic heterocycles. The first-order valence-electron chi connectivity index (χ1n) is 3.75. The Bertz CT molecular complexity index is 209. The Morgan fingerprint density at radius 2 is 2.18 bits per heavy atom. The molecule has 3 atom stereocenters. The van der Waals surface area contributed by atoms with E-state index in [0.29, 0.717) is 5.92 Å². The van der Waals surface area contributed by atoms with Crippen LogP contribution in [0.4, 0.5) is 0 Å². The third-order valence-electron chi connectivity index (χ3n) is 2.26. The van der Waals surface area contributed by atoms with Crippen molar-refractivity contribution in [3.63, 3.8) is 0 Å². The van der Waals surface area contributed by atoms with Crippen LogP contribution in [-0.2, 0) is 0 Å². The SMILES string of the molecule is [CH2]CC1C[CH]C(C#N)C1C#N. The van der Waals surface area contributed by atoms with Gasteiger partial charge in [0.1, 0.15) is 0 Å². The number of nitrogens with zero attached hydrogens (tertiary/aromatic N) is 2. The van der Waals surface area contributed by atoms with Crippen LogP contribution in [0.2, 0.25) is 0 Å². The van der Waals surface area contributed by atoms with Gasteiger partial charge >= 0.3 is 0 Å². The molecule has 0 amide bonds. The molecule has 0 aromatic carbocycles. The lowest BCUT2D eigenvalue weighted by atomic mass is 9.90. The van der Waals surface area contributed by atoms with Gasteiger partial charge in [0.05, 0.1) is 24.0 Å². The normalized spacial score (nSPS) is 36.1. The molecule has 2 nitrogen and oxygen atoms in total. The van der Waals surface area contributed by atoms with Gasteiger partial charge in [-0.2, -0.15) is 10.5 Å². The molecular formula is C9H10N2. The van der Waals surface area contributed by atoms with Gasteiger partial charge in [0.2, 0.25) is 0 Å². The molecule has 2 radical (unpaired) electrons. The average molecular weight is 146 g/mol. The summed E-state index contributed by atoms with van der Waals surface area (Å²) in [4.78, 5) is 0. The quantitative estimate of drug-likeness (QED) is 0.565. The fourth-order valence-corrected chi connectivity index (χ4v) is 1.52. The lowest BCUT2D eigenvalue weighted by Gasteiger charge is -2.10. The van der Waals surface area contributed by atoms with Crippen molar-refractivity contribution >= 4 is 0 Å². The van der Waals surface area contributed by atoms with Crippen LogP contribution in [-0.4, -0.2) is 0 Å². The second kappa shape index (κ2) is 3.39. The molecule has 1 aliphatic carbocycles. The van der Waals surface area contributed by atoms with Crippen LogP contribution >= 0.6 is 0 Å². The maximum Gasteiger partial charge on any atom is 0.0672 e. The Kier molecular flexibility index (Phi) is 2.49. The molecule has 0 aliphatic heterocycles. The second-order valence-corrected chi connectivity index (χ2v) is 2.83. The highest BCUT2D eigenvalue weighted by Gasteiger charge is 2.35. The number of hydrogen-bond donors (Lipinski definition) is 0. The van der Waals surface area contributed by atoms with Crippen LogP contribution in [0.5, 0.6) is 0 Å². The maximum atomic E-state index is 8.72. The molecular weight excluding hydrogens is 136 g/mol. The van der Waals surface area contributed by atoms with E-state index in [0.717, 1.165) is 12.8 Å². The molecule has 3 unspecified atom stereocenters. The average Bonchev–Trinajstić information content (AvgIpc) is 2.45. The minimum absolute atomic E-state index is 0.113. The van der Waals surface area contributed by atoms with Crippen LogP contribution in [0.3, 0.4) is 0 Å². The fourth-order valence-electron chi connectivity index (χ4n) is 1.52. The molecule has 11 heavy (non-hydrogen) atoms. The Morgan fingerprint density at radius 3 is 2.64 bits per heavy atom. The van der Waals surface area contributed by atoms with Crippen LogP contribution in [0.1, 0.15) is 12.8 Å². The first-order chi connectivity index (χ1) is 5.33. The van der Waals surface area contributed by atoms with Crippen molar-refractivity contribution in [2.24, 2.45) is 17.8 Å². The van der Waals surface area contributed by atoms with Crippen molar-refractivity contribution in [1.82, 2.24) is 0 Å². The Balaban J connectivity index is 2.66. The molecule has 0 N–H and O–H groups in total. The molecule has 1 aliphatic rings. The van der Waals surface area contributed by atoms with Gasteiger partial charge in [-0.05, 0) is 25.2 Å². The fraction of sp³-hybridized carbons (Fsp3) is 0.556. The summed E-state index contributed by atoms with van der Waals surface area (Å²) in [6, 6.07) is 4.30. The summed E-state index contributed by atoms with van der Waals surface area (Å²) in [6.07, 6.45) is 3.57. The summed E-state index contributed by atoms with van der Waals surface area (Å²) < 4.78 is 0. The van der Waals surface area contributed by atoms with Gasteiger partial charge in [-0.3, -0.25) is 0 Å². The van der Waals surface area contributed by atoms with Gasteiger partial charge in [-0.25, -0.2) is 0 Å². The van der Waals surface area contributed by atoms with E-state index >= 15 is 0 Å². The standard InChI is InChI=1S/C9H10N2/c1-2-7-3-4-8(5-10)9(7)6-11/h4,7-9H,1-3H2. The Hall–Kier alpha value is -1.02. The number of hydrogen-bond acceptors (Lipinski definition) is 2. The van der Waals surface area contributed by atoms with E-state index in [1.165, 1.54) is 0 Å². The van der Waals surface area contributed by atoms with Crippen molar-refractivity contribution in [1.29, 1.82) is 10.5 Å². The zero-order chi connectivity index (χ0) is 8.27. The zero-order valence-corrected chi connectivity index (χ0v) is 6.33. The first-order valence-corrected chi connectivity index (χ1v) is 3.75. The predicted molar refractivity (Wildman–Crippen MR) is 40.6 cm³/mol. The van der Waals surface area contributed by atoms with Gasteiger partial charge in [-0.1, -0.05) is 6.92 Å². The van der Waals surface area contributed by atoms with Crippen molar-refractivity contribution in [2.75, 3.05) is 0 Å². The molecule has 0 heterocycles. The molecule has 1 saturated carbocycles. The minimum atomic E-state index is -0.160. The van der Waals surface area contributed by atoms with Gasteiger partial charge in [0, 0.05) is 0 Å². The zero-order valence-electron chi connectivity index (χ0n) is 6.33. The summed E-state index contributed by atoms with van der Waals surface area (Å²) in [5.74, 6) is 0.0360. The third-order valence-corrected chi connectivity index (χ3v) is 2.26. The van der Waals surface area contributed by atoms with E-state index in [-0.39, 0.29) is 11.8 Å². The Morgan fingerprint density at radius 1 is 1.45 bits per heavy atom. The highest BCUT2D eigenvalue weighted by molar-refractivity contribution is 5.12. The van der Waals surface area contributed by atoms with Crippen LogP contribution in [0, 0.1) is 53.8 Å². The summed E-state index contributed by atoms with van der Waals surface area (Å²) in [7, 11) is 0. The maximum absolute atomic E-state index is 8.72. The van der Waals surface area contributed by atoms with Crippen LogP contribution in [0.15, 0.2) is 0 Å². The van der Waals surface area contributed by atoms with Crippen LogP contribution in [0.25, 0.3) is 0 Å². The monoisotopic (exact) mass is 146 g/mol. The van der Waals surface area contributed by atoms with Crippen molar-refractivity contribution in [3.8, 4) is 12.1 Å². The smallest absolute Gasteiger partial charge is 0.0672 e. The van der Waals surface area contributed by atoms with Crippen molar-refractivity contribution < 1.29 is 0 Å². The van der Waals surface area contributed by atoms with Gasteiger partial charge in [0.15, 0.2) is 0 Å². The molecule has 0 saturated heterocycles. The summed E-state index contributed by atoms with van der Waals surface area (Å²) in [5, 5.41) is 17.3. The highest BCUT2D eigenvalue weighted by atomic mass is 14.4. The van der Waals surface area contributed by atoms with E-state index < -0.39 is 0 Å². The lowest BCUT2D eigenvalue weighted by molar-refractivity contribution is 0.440. The largest absolute Gasteiger partial charge is 0.198 e. The summed E-state index contributed by atoms with van der Waals surface area (Å²) >= 11 is 0. The first kappa shape index (κ1) is 8.08. The van der Waals surface area contributed by atoms with Crippen LogP contribution < -0.4 is 0 Å². The van der Waals surface area contributed by atoms with E-state index in [4.69, 9.17) is 10.5 Å². The minimum Gasteiger partial charge on any atom is -0.198 e. The molecule has 1 rings (SSSR count). The molecule has 0 bridgehead atoms. The Labute approximate surface area is 67.4 Å². The lowest BCUT2D eigenvalue weighted by Crippen LogP contribution is -2.10. The number of rotatable bonds is 1. The molecule has 2 heteroatoms. The van der Waals surface area contributed by atoms with E-state index in [2.05, 4.69) is 19.1 Å². The van der Waals surface area contributed by atoms with Crippen molar-refractivity contribution in [3.05, 3.63) is 13.3 Å². The third kappa shape index (κ3) is 1.35. The van der Waals surface area contributed by atoms with Gasteiger partial charge < -0.3 is 0 Å². The van der Waals surface area contributed by atoms with Gasteiger partial charge in [-0.15, -0.1) is 0 Å². The highest BCUT2D eigenvalue weighted by Crippen LogP contribution is 2.36. The number of nitriles is 2. The topological polar surface area (TPSA) is 47.6 Å². The second-order valence-electron chi connectivity index (χ2n) is 2.83. The molecule has 0 aromatic rings. The molecule has 56 valence electrons. The predicted octanol–water partition coefficient (Wildman–Crippen LogP) is 1.71.